The Hall–Kier alpha value is -2.13. The first-order valence-corrected chi connectivity index (χ1v) is 7.18. The molecule has 0 aliphatic carbocycles. The molecule has 0 spiro atoms. The molecule has 0 saturated carbocycles. The van der Waals surface area contributed by atoms with Gasteiger partial charge in [-0.05, 0) is 31.8 Å². The van der Waals surface area contributed by atoms with Gasteiger partial charge in [-0.15, -0.1) is 0 Å². The first-order valence-electron chi connectivity index (χ1n) is 7.18. The fourth-order valence-corrected chi connectivity index (χ4v) is 2.78. The van der Waals surface area contributed by atoms with Crippen LogP contribution in [0.1, 0.15) is 28.4 Å². The minimum atomic E-state index is -0.168. The number of likely N-dealkylation sites (N-methyl/N-ethyl adjacent to an activating group) is 1. The topological polar surface area (TPSA) is 29.5 Å². The zero-order valence-corrected chi connectivity index (χ0v) is 12.3. The Kier molecular flexibility index (Phi) is 3.76. The molecule has 3 heteroatoms. The number of ketones is 1. The van der Waals surface area contributed by atoms with Crippen LogP contribution in [-0.4, -0.2) is 30.8 Å². The summed E-state index contributed by atoms with van der Waals surface area (Å²) in [5.41, 5.74) is 1.78. The lowest BCUT2D eigenvalue weighted by molar-refractivity contribution is 0.0837. The van der Waals surface area contributed by atoms with Gasteiger partial charge in [0.2, 0.25) is 0 Å². The molecule has 0 N–H and O–H groups in total. The average molecular weight is 281 g/mol. The summed E-state index contributed by atoms with van der Waals surface area (Å²) in [6.45, 7) is 0. The van der Waals surface area contributed by atoms with Gasteiger partial charge >= 0.3 is 0 Å². The lowest BCUT2D eigenvalue weighted by Crippen LogP contribution is -2.36. The van der Waals surface area contributed by atoms with Gasteiger partial charge in [0.25, 0.3) is 0 Å². The molecular formula is C18H19NO2. The maximum atomic E-state index is 12.7. The summed E-state index contributed by atoms with van der Waals surface area (Å²) in [6, 6.07) is 17.4. The SMILES string of the molecule is CN(C)C1CC(c2ccccc2)Oc2ccccc2C1=O. The number of carbonyl (C=O) groups is 1. The standard InChI is InChI=1S/C18H19NO2/c1-19(2)15-12-17(13-8-4-3-5-9-13)21-16-11-7-6-10-14(16)18(15)20/h3-11,15,17H,12H2,1-2H3. The summed E-state index contributed by atoms with van der Waals surface area (Å²) in [6.07, 6.45) is 0.552. The Morgan fingerprint density at radius 2 is 1.67 bits per heavy atom. The highest BCUT2D eigenvalue weighted by molar-refractivity contribution is 6.02. The maximum Gasteiger partial charge on any atom is 0.183 e. The van der Waals surface area contributed by atoms with E-state index in [-0.39, 0.29) is 17.9 Å². The van der Waals surface area contributed by atoms with Gasteiger partial charge in [-0.2, -0.15) is 0 Å². The molecule has 3 rings (SSSR count). The summed E-state index contributed by atoms with van der Waals surface area (Å²) in [7, 11) is 3.89. The number of Topliss-reactive ketones (excluding diaryl/α,β-unsaturated/α-hetero) is 1. The van der Waals surface area contributed by atoms with Crippen molar-refractivity contribution in [2.45, 2.75) is 18.6 Å². The van der Waals surface area contributed by atoms with Crippen molar-refractivity contribution in [3.8, 4) is 5.75 Å². The van der Waals surface area contributed by atoms with E-state index >= 15 is 0 Å². The molecule has 0 amide bonds. The molecule has 0 fully saturated rings. The summed E-state index contributed by atoms with van der Waals surface area (Å²) >= 11 is 0. The molecule has 0 bridgehead atoms. The monoisotopic (exact) mass is 281 g/mol. The number of hydrogen-bond acceptors (Lipinski definition) is 3. The smallest absolute Gasteiger partial charge is 0.183 e. The van der Waals surface area contributed by atoms with Gasteiger partial charge in [0, 0.05) is 6.42 Å². The van der Waals surface area contributed by atoms with E-state index in [0.717, 1.165) is 5.56 Å². The van der Waals surface area contributed by atoms with Crippen LogP contribution in [0.3, 0.4) is 0 Å². The van der Waals surface area contributed by atoms with Crippen molar-refractivity contribution in [1.29, 1.82) is 0 Å². The number of ether oxygens (including phenoxy) is 1. The van der Waals surface area contributed by atoms with Gasteiger partial charge in [0.15, 0.2) is 5.78 Å². The summed E-state index contributed by atoms with van der Waals surface area (Å²) < 4.78 is 6.15. The number of carbonyl (C=O) groups excluding carboxylic acids is 1. The molecule has 108 valence electrons. The van der Waals surface area contributed by atoms with Crippen LogP contribution in [0.5, 0.6) is 5.75 Å². The lowest BCUT2D eigenvalue weighted by atomic mass is 9.96. The Balaban J connectivity index is 2.04. The van der Waals surface area contributed by atoms with Crippen LogP contribution in [0.2, 0.25) is 0 Å². The second-order valence-electron chi connectivity index (χ2n) is 5.59. The van der Waals surface area contributed by atoms with Gasteiger partial charge < -0.3 is 4.74 Å². The van der Waals surface area contributed by atoms with Crippen LogP contribution in [0, 0.1) is 0 Å². The predicted molar refractivity (Wildman–Crippen MR) is 82.7 cm³/mol. The molecule has 2 unspecified atom stereocenters. The lowest BCUT2D eigenvalue weighted by Gasteiger charge is -2.24. The van der Waals surface area contributed by atoms with Crippen LogP contribution >= 0.6 is 0 Å². The minimum Gasteiger partial charge on any atom is -0.485 e. The number of benzene rings is 2. The zero-order valence-electron chi connectivity index (χ0n) is 12.3. The number of fused-ring (bicyclic) bond motifs is 1. The van der Waals surface area contributed by atoms with E-state index in [1.54, 1.807) is 0 Å². The third kappa shape index (κ3) is 2.69. The van der Waals surface area contributed by atoms with Crippen molar-refractivity contribution in [2.24, 2.45) is 0 Å². The van der Waals surface area contributed by atoms with Crippen molar-refractivity contribution in [3.05, 3.63) is 65.7 Å². The highest BCUT2D eigenvalue weighted by atomic mass is 16.5. The predicted octanol–water partition coefficient (Wildman–Crippen LogP) is 3.32. The molecule has 3 nitrogen and oxygen atoms in total. The van der Waals surface area contributed by atoms with Crippen LogP contribution in [0.15, 0.2) is 54.6 Å². The van der Waals surface area contributed by atoms with Crippen molar-refractivity contribution in [3.63, 3.8) is 0 Å². The molecule has 1 aliphatic heterocycles. The average Bonchev–Trinajstić information content (AvgIpc) is 2.66. The van der Waals surface area contributed by atoms with Crippen LogP contribution < -0.4 is 4.74 Å². The largest absolute Gasteiger partial charge is 0.485 e. The summed E-state index contributed by atoms with van der Waals surface area (Å²) in [5.74, 6) is 0.815. The summed E-state index contributed by atoms with van der Waals surface area (Å²) in [5, 5.41) is 0. The third-order valence-corrected chi connectivity index (χ3v) is 3.96. The van der Waals surface area contributed by atoms with E-state index in [9.17, 15) is 4.79 Å². The van der Waals surface area contributed by atoms with Gasteiger partial charge in [0.05, 0.1) is 11.6 Å². The van der Waals surface area contributed by atoms with E-state index in [0.29, 0.717) is 17.7 Å². The molecule has 0 aromatic heterocycles. The first kappa shape index (κ1) is 13.8. The van der Waals surface area contributed by atoms with Crippen LogP contribution in [0.25, 0.3) is 0 Å². The number of nitrogens with zero attached hydrogens (tertiary/aromatic N) is 1. The van der Waals surface area contributed by atoms with Gasteiger partial charge in [-0.1, -0.05) is 42.5 Å². The number of rotatable bonds is 2. The van der Waals surface area contributed by atoms with E-state index in [4.69, 9.17) is 4.74 Å². The molecule has 2 aromatic carbocycles. The van der Waals surface area contributed by atoms with Crippen molar-refractivity contribution < 1.29 is 9.53 Å². The molecule has 0 radical (unpaired) electrons. The summed E-state index contributed by atoms with van der Waals surface area (Å²) in [4.78, 5) is 14.7. The van der Waals surface area contributed by atoms with Crippen molar-refractivity contribution in [2.75, 3.05) is 14.1 Å². The molecule has 1 aliphatic rings. The second kappa shape index (κ2) is 5.70. The molecule has 2 atom stereocenters. The van der Waals surface area contributed by atoms with Gasteiger partial charge in [-0.3, -0.25) is 9.69 Å². The quantitative estimate of drug-likeness (QED) is 0.845. The van der Waals surface area contributed by atoms with Gasteiger partial charge in [0.1, 0.15) is 11.9 Å². The van der Waals surface area contributed by atoms with E-state index in [2.05, 4.69) is 12.1 Å². The fraction of sp³-hybridized carbons (Fsp3) is 0.278. The zero-order chi connectivity index (χ0) is 14.8. The van der Waals surface area contributed by atoms with Crippen molar-refractivity contribution >= 4 is 5.78 Å². The van der Waals surface area contributed by atoms with E-state index < -0.39 is 0 Å². The number of hydrogen-bond donors (Lipinski definition) is 0. The fourth-order valence-electron chi connectivity index (χ4n) is 2.78. The Morgan fingerprint density at radius 3 is 2.38 bits per heavy atom. The van der Waals surface area contributed by atoms with E-state index in [1.807, 2.05) is 61.5 Å². The Morgan fingerprint density at radius 1 is 1.00 bits per heavy atom. The van der Waals surface area contributed by atoms with Gasteiger partial charge in [-0.25, -0.2) is 0 Å². The van der Waals surface area contributed by atoms with E-state index in [1.165, 1.54) is 0 Å². The molecule has 2 aromatic rings. The molecule has 21 heavy (non-hydrogen) atoms. The first-order chi connectivity index (χ1) is 10.2. The second-order valence-corrected chi connectivity index (χ2v) is 5.59. The van der Waals surface area contributed by atoms with Crippen LogP contribution in [0.4, 0.5) is 0 Å². The highest BCUT2D eigenvalue weighted by Crippen LogP contribution is 2.34. The highest BCUT2D eigenvalue weighted by Gasteiger charge is 2.33. The Bertz CT molecular complexity index is 637. The molecule has 1 heterocycles. The van der Waals surface area contributed by atoms with Crippen molar-refractivity contribution in [1.82, 2.24) is 4.90 Å². The number of para-hydroxylation sites is 1. The third-order valence-electron chi connectivity index (χ3n) is 3.96. The van der Waals surface area contributed by atoms with Crippen LogP contribution in [-0.2, 0) is 0 Å². The minimum absolute atomic E-state index is 0.105. The molecule has 0 saturated heterocycles. The molecular weight excluding hydrogens is 262 g/mol. The maximum absolute atomic E-state index is 12.7. The Labute approximate surface area is 125 Å². The normalized spacial score (nSPS) is 21.6.